The van der Waals surface area contributed by atoms with Gasteiger partial charge in [-0.05, 0) is 41.0 Å². The molecule has 0 aliphatic rings. The molecule has 0 aromatic carbocycles. The molecule has 20 heavy (non-hydrogen) atoms. The van der Waals surface area contributed by atoms with Crippen LogP contribution in [0.3, 0.4) is 0 Å². The molecule has 0 unspecified atom stereocenters. The first-order valence-corrected chi connectivity index (χ1v) is 7.03. The summed E-state index contributed by atoms with van der Waals surface area (Å²) < 4.78 is 7.05. The average molecular weight is 282 g/mol. The van der Waals surface area contributed by atoms with E-state index in [0.717, 1.165) is 18.7 Å². The number of amides is 1. The molecule has 6 nitrogen and oxygen atoms in total. The smallest absolute Gasteiger partial charge is 0.407 e. The van der Waals surface area contributed by atoms with Crippen LogP contribution in [0.15, 0.2) is 12.4 Å². The van der Waals surface area contributed by atoms with Gasteiger partial charge >= 0.3 is 6.09 Å². The molecule has 0 aliphatic heterocycles. The van der Waals surface area contributed by atoms with E-state index in [1.54, 1.807) is 6.20 Å². The van der Waals surface area contributed by atoms with Crippen molar-refractivity contribution in [1.29, 1.82) is 0 Å². The monoisotopic (exact) mass is 282 g/mol. The molecule has 0 bridgehead atoms. The Morgan fingerprint density at radius 1 is 1.40 bits per heavy atom. The molecular weight excluding hydrogens is 256 g/mol. The zero-order valence-corrected chi connectivity index (χ0v) is 13.1. The second-order valence-corrected chi connectivity index (χ2v) is 6.01. The molecule has 0 fully saturated rings. The van der Waals surface area contributed by atoms with Crippen LogP contribution in [0.25, 0.3) is 0 Å². The molecule has 0 saturated carbocycles. The minimum atomic E-state index is -0.451. The summed E-state index contributed by atoms with van der Waals surface area (Å²) in [6.07, 6.45) is 4.24. The lowest BCUT2D eigenvalue weighted by Gasteiger charge is -2.19. The van der Waals surface area contributed by atoms with E-state index in [4.69, 9.17) is 4.74 Å². The fourth-order valence-electron chi connectivity index (χ4n) is 1.54. The number of carbonyl (C=O) groups is 1. The van der Waals surface area contributed by atoms with E-state index in [2.05, 4.69) is 29.6 Å². The van der Waals surface area contributed by atoms with Gasteiger partial charge in [0.15, 0.2) is 0 Å². The number of aromatic nitrogens is 2. The van der Waals surface area contributed by atoms with Crippen molar-refractivity contribution in [2.24, 2.45) is 0 Å². The summed E-state index contributed by atoms with van der Waals surface area (Å²) in [4.78, 5) is 11.4. The molecule has 0 saturated heterocycles. The minimum Gasteiger partial charge on any atom is -0.444 e. The van der Waals surface area contributed by atoms with Crippen LogP contribution in [-0.2, 0) is 4.74 Å². The molecule has 1 aromatic rings. The third-order valence-corrected chi connectivity index (χ3v) is 2.48. The summed E-state index contributed by atoms with van der Waals surface area (Å²) in [5.74, 6) is 0. The van der Waals surface area contributed by atoms with Crippen LogP contribution in [0.4, 0.5) is 10.5 Å². The first-order valence-electron chi connectivity index (χ1n) is 7.03. The standard InChI is InChI=1S/C14H26N4O2/c1-11(2)18-10-12(9-17-18)15-7-6-8-16-13(19)20-14(3,4)5/h9-11,15H,6-8H2,1-5H3,(H,16,19). The van der Waals surface area contributed by atoms with E-state index in [9.17, 15) is 4.79 Å². The average Bonchev–Trinajstić information content (AvgIpc) is 2.75. The van der Waals surface area contributed by atoms with E-state index >= 15 is 0 Å². The second kappa shape index (κ2) is 7.17. The van der Waals surface area contributed by atoms with Crippen LogP contribution in [-0.4, -0.2) is 34.6 Å². The molecule has 6 heteroatoms. The lowest BCUT2D eigenvalue weighted by atomic mass is 10.2. The fraction of sp³-hybridized carbons (Fsp3) is 0.714. The number of anilines is 1. The number of nitrogens with one attached hydrogen (secondary N) is 2. The predicted molar refractivity (Wildman–Crippen MR) is 80.0 cm³/mol. The highest BCUT2D eigenvalue weighted by molar-refractivity contribution is 5.67. The Morgan fingerprint density at radius 2 is 2.10 bits per heavy atom. The maximum absolute atomic E-state index is 11.4. The van der Waals surface area contributed by atoms with Crippen LogP contribution in [0.5, 0.6) is 0 Å². The van der Waals surface area contributed by atoms with Gasteiger partial charge in [0.25, 0.3) is 0 Å². The lowest BCUT2D eigenvalue weighted by molar-refractivity contribution is 0.0528. The van der Waals surface area contributed by atoms with E-state index < -0.39 is 5.60 Å². The summed E-state index contributed by atoms with van der Waals surface area (Å²) >= 11 is 0. The van der Waals surface area contributed by atoms with E-state index in [1.807, 2.05) is 31.6 Å². The Hall–Kier alpha value is -1.72. The van der Waals surface area contributed by atoms with Gasteiger partial charge in [-0.1, -0.05) is 0 Å². The van der Waals surface area contributed by atoms with Gasteiger partial charge in [-0.25, -0.2) is 4.79 Å². The summed E-state index contributed by atoms with van der Waals surface area (Å²) in [5.41, 5.74) is 0.546. The molecule has 0 spiro atoms. The number of ether oxygens (including phenoxy) is 1. The van der Waals surface area contributed by atoms with E-state index in [0.29, 0.717) is 12.6 Å². The Bertz CT molecular complexity index is 421. The summed E-state index contributed by atoms with van der Waals surface area (Å²) in [6.45, 7) is 11.1. The quantitative estimate of drug-likeness (QED) is 0.787. The highest BCUT2D eigenvalue weighted by atomic mass is 16.6. The highest BCUT2D eigenvalue weighted by Gasteiger charge is 2.15. The molecule has 0 radical (unpaired) electrons. The maximum Gasteiger partial charge on any atom is 0.407 e. The van der Waals surface area contributed by atoms with Gasteiger partial charge in [0, 0.05) is 25.3 Å². The Labute approximate surface area is 120 Å². The normalized spacial score (nSPS) is 11.5. The Balaban J connectivity index is 2.14. The molecule has 0 atom stereocenters. The topological polar surface area (TPSA) is 68.2 Å². The van der Waals surface area contributed by atoms with Gasteiger partial charge in [-0.2, -0.15) is 5.10 Å². The maximum atomic E-state index is 11.4. The van der Waals surface area contributed by atoms with Crippen LogP contribution in [0.1, 0.15) is 47.1 Å². The van der Waals surface area contributed by atoms with Crippen molar-refractivity contribution in [1.82, 2.24) is 15.1 Å². The van der Waals surface area contributed by atoms with Crippen LogP contribution < -0.4 is 10.6 Å². The van der Waals surface area contributed by atoms with Gasteiger partial charge in [0.2, 0.25) is 0 Å². The van der Waals surface area contributed by atoms with Crippen LogP contribution in [0, 0.1) is 0 Å². The van der Waals surface area contributed by atoms with Crippen molar-refractivity contribution >= 4 is 11.8 Å². The number of alkyl carbamates (subject to hydrolysis) is 1. The van der Waals surface area contributed by atoms with Crippen LogP contribution >= 0.6 is 0 Å². The molecular formula is C14H26N4O2. The summed E-state index contributed by atoms with van der Waals surface area (Å²) in [6, 6.07) is 0.361. The van der Waals surface area contributed by atoms with Crippen molar-refractivity contribution in [3.63, 3.8) is 0 Å². The first-order chi connectivity index (χ1) is 9.28. The van der Waals surface area contributed by atoms with Crippen molar-refractivity contribution in [3.8, 4) is 0 Å². The molecule has 1 rings (SSSR count). The molecule has 2 N–H and O–H groups in total. The second-order valence-electron chi connectivity index (χ2n) is 6.01. The number of hydrogen-bond acceptors (Lipinski definition) is 4. The molecule has 1 heterocycles. The number of hydrogen-bond donors (Lipinski definition) is 2. The molecule has 1 amide bonds. The highest BCUT2D eigenvalue weighted by Crippen LogP contribution is 2.09. The summed E-state index contributed by atoms with van der Waals surface area (Å²) in [5, 5.41) is 10.2. The van der Waals surface area contributed by atoms with Gasteiger partial charge in [0.05, 0.1) is 11.9 Å². The predicted octanol–water partition coefficient (Wildman–Crippen LogP) is 2.79. The minimum absolute atomic E-state index is 0.361. The number of nitrogens with zero attached hydrogens (tertiary/aromatic N) is 2. The van der Waals surface area contributed by atoms with Crippen molar-refractivity contribution in [2.45, 2.75) is 52.7 Å². The third kappa shape index (κ3) is 6.45. The number of carbonyl (C=O) groups excluding carboxylic acids is 1. The lowest BCUT2D eigenvalue weighted by Crippen LogP contribution is -2.33. The van der Waals surface area contributed by atoms with E-state index in [1.165, 1.54) is 0 Å². The zero-order chi connectivity index (χ0) is 15.2. The zero-order valence-electron chi connectivity index (χ0n) is 13.1. The van der Waals surface area contributed by atoms with Gasteiger partial charge in [0.1, 0.15) is 5.60 Å². The van der Waals surface area contributed by atoms with Crippen molar-refractivity contribution in [3.05, 3.63) is 12.4 Å². The SMILES string of the molecule is CC(C)n1cc(NCCCNC(=O)OC(C)(C)C)cn1. The third-order valence-electron chi connectivity index (χ3n) is 2.48. The first kappa shape index (κ1) is 16.3. The van der Waals surface area contributed by atoms with Gasteiger partial charge < -0.3 is 15.4 Å². The number of rotatable bonds is 6. The van der Waals surface area contributed by atoms with Crippen LogP contribution in [0.2, 0.25) is 0 Å². The van der Waals surface area contributed by atoms with Gasteiger partial charge in [-0.3, -0.25) is 4.68 Å². The van der Waals surface area contributed by atoms with Gasteiger partial charge in [-0.15, -0.1) is 0 Å². The molecule has 114 valence electrons. The fourth-order valence-corrected chi connectivity index (χ4v) is 1.54. The Kier molecular flexibility index (Phi) is 5.85. The van der Waals surface area contributed by atoms with Crippen molar-refractivity contribution in [2.75, 3.05) is 18.4 Å². The molecule has 0 aliphatic carbocycles. The van der Waals surface area contributed by atoms with E-state index in [-0.39, 0.29) is 6.09 Å². The molecule has 1 aromatic heterocycles. The summed E-state index contributed by atoms with van der Waals surface area (Å²) in [7, 11) is 0. The Morgan fingerprint density at radius 3 is 2.65 bits per heavy atom. The largest absolute Gasteiger partial charge is 0.444 e. The van der Waals surface area contributed by atoms with Crippen molar-refractivity contribution < 1.29 is 9.53 Å².